The van der Waals surface area contributed by atoms with Crippen LogP contribution in [-0.4, -0.2) is 11.0 Å². The molecule has 0 amide bonds. The van der Waals surface area contributed by atoms with Crippen molar-refractivity contribution in [3.8, 4) is 0 Å². The van der Waals surface area contributed by atoms with Gasteiger partial charge in [-0.3, -0.25) is 10.1 Å². The maximum atomic E-state index is 10.7. The van der Waals surface area contributed by atoms with Gasteiger partial charge in [0, 0.05) is 15.7 Å². The number of hydrogen-bond donors (Lipinski definition) is 1. The predicted molar refractivity (Wildman–Crippen MR) is 62.5 cm³/mol. The van der Waals surface area contributed by atoms with Gasteiger partial charge in [0.2, 0.25) is 0 Å². The van der Waals surface area contributed by atoms with Gasteiger partial charge in [0.15, 0.2) is 0 Å². The van der Waals surface area contributed by atoms with E-state index in [4.69, 9.17) is 0 Å². The van der Waals surface area contributed by atoms with Crippen LogP contribution in [0.15, 0.2) is 18.2 Å². The molecule has 1 N–H and O–H groups in total. The summed E-state index contributed by atoms with van der Waals surface area (Å²) in [5.74, 6) is 0. The standard InChI is InChI=1S/C9H9IN2O2/c10-6-1-4-8(11-7-2-3-7)9(5-6)12(13)14/h1,4-5,7,11H,2-3H2. The van der Waals surface area contributed by atoms with Crippen LogP contribution in [0.5, 0.6) is 0 Å². The molecule has 0 bridgehead atoms. The molecule has 4 nitrogen and oxygen atoms in total. The van der Waals surface area contributed by atoms with Crippen molar-refractivity contribution in [1.82, 2.24) is 0 Å². The van der Waals surface area contributed by atoms with Gasteiger partial charge in [0.1, 0.15) is 5.69 Å². The number of rotatable bonds is 3. The largest absolute Gasteiger partial charge is 0.377 e. The summed E-state index contributed by atoms with van der Waals surface area (Å²) in [6.07, 6.45) is 2.23. The first-order valence-corrected chi connectivity index (χ1v) is 5.45. The van der Waals surface area contributed by atoms with Gasteiger partial charge < -0.3 is 5.32 Å². The van der Waals surface area contributed by atoms with E-state index in [1.165, 1.54) is 0 Å². The Morgan fingerprint density at radius 1 is 1.50 bits per heavy atom. The summed E-state index contributed by atoms with van der Waals surface area (Å²) in [6.45, 7) is 0. The fraction of sp³-hybridized carbons (Fsp3) is 0.333. The Balaban J connectivity index is 2.31. The Bertz CT molecular complexity index is 377. The lowest BCUT2D eigenvalue weighted by Gasteiger charge is -2.05. The Labute approximate surface area is 95.0 Å². The number of anilines is 1. The fourth-order valence-electron chi connectivity index (χ4n) is 1.23. The lowest BCUT2D eigenvalue weighted by Crippen LogP contribution is -2.04. The molecule has 5 heteroatoms. The first kappa shape index (κ1) is 9.70. The van der Waals surface area contributed by atoms with Crippen LogP contribution in [0, 0.1) is 13.7 Å². The van der Waals surface area contributed by atoms with Crippen molar-refractivity contribution in [2.24, 2.45) is 0 Å². The zero-order valence-corrected chi connectivity index (χ0v) is 9.52. The van der Waals surface area contributed by atoms with Crippen LogP contribution in [-0.2, 0) is 0 Å². The van der Waals surface area contributed by atoms with Crippen LogP contribution in [0.3, 0.4) is 0 Å². The van der Waals surface area contributed by atoms with Gasteiger partial charge >= 0.3 is 0 Å². The van der Waals surface area contributed by atoms with Crippen molar-refractivity contribution >= 4 is 34.0 Å². The first-order valence-electron chi connectivity index (χ1n) is 4.37. The van der Waals surface area contributed by atoms with E-state index in [1.54, 1.807) is 12.1 Å². The highest BCUT2D eigenvalue weighted by Crippen LogP contribution is 2.31. The van der Waals surface area contributed by atoms with E-state index in [0.717, 1.165) is 16.4 Å². The van der Waals surface area contributed by atoms with Crippen LogP contribution in [0.1, 0.15) is 12.8 Å². The minimum atomic E-state index is -0.340. The van der Waals surface area contributed by atoms with Crippen LogP contribution in [0.2, 0.25) is 0 Å². The molecule has 0 heterocycles. The van der Waals surface area contributed by atoms with Crippen molar-refractivity contribution in [3.05, 3.63) is 31.9 Å². The molecule has 74 valence electrons. The second-order valence-electron chi connectivity index (χ2n) is 3.34. The normalized spacial score (nSPS) is 15.2. The maximum absolute atomic E-state index is 10.7. The third kappa shape index (κ3) is 2.14. The fourth-order valence-corrected chi connectivity index (χ4v) is 1.70. The van der Waals surface area contributed by atoms with Crippen molar-refractivity contribution in [3.63, 3.8) is 0 Å². The highest BCUT2D eigenvalue weighted by Gasteiger charge is 2.24. The Morgan fingerprint density at radius 2 is 2.21 bits per heavy atom. The highest BCUT2D eigenvalue weighted by atomic mass is 127. The molecular formula is C9H9IN2O2. The number of hydrogen-bond acceptors (Lipinski definition) is 3. The van der Waals surface area contributed by atoms with Crippen LogP contribution < -0.4 is 5.32 Å². The maximum Gasteiger partial charge on any atom is 0.293 e. The van der Waals surface area contributed by atoms with E-state index in [0.29, 0.717) is 11.7 Å². The zero-order chi connectivity index (χ0) is 10.1. The molecule has 0 atom stereocenters. The zero-order valence-electron chi connectivity index (χ0n) is 7.37. The number of halogens is 1. The third-order valence-corrected chi connectivity index (χ3v) is 2.76. The Hall–Kier alpha value is -0.850. The molecule has 1 saturated carbocycles. The predicted octanol–water partition coefficient (Wildman–Crippen LogP) is 2.77. The third-order valence-electron chi connectivity index (χ3n) is 2.09. The van der Waals surface area contributed by atoms with Gasteiger partial charge in [-0.15, -0.1) is 0 Å². The summed E-state index contributed by atoms with van der Waals surface area (Å²) < 4.78 is 0.885. The van der Waals surface area contributed by atoms with Crippen molar-refractivity contribution in [2.75, 3.05) is 5.32 Å². The number of nitro groups is 1. The Morgan fingerprint density at radius 3 is 2.79 bits per heavy atom. The van der Waals surface area contributed by atoms with Crippen LogP contribution in [0.25, 0.3) is 0 Å². The molecule has 1 aromatic carbocycles. The van der Waals surface area contributed by atoms with E-state index >= 15 is 0 Å². The van der Waals surface area contributed by atoms with Gasteiger partial charge in [0.05, 0.1) is 4.92 Å². The lowest BCUT2D eigenvalue weighted by molar-refractivity contribution is -0.384. The summed E-state index contributed by atoms with van der Waals surface area (Å²) in [6, 6.07) is 5.68. The van der Waals surface area contributed by atoms with Gasteiger partial charge in [0.25, 0.3) is 5.69 Å². The second-order valence-corrected chi connectivity index (χ2v) is 4.58. The number of nitrogens with zero attached hydrogens (tertiary/aromatic N) is 1. The molecular weight excluding hydrogens is 295 g/mol. The van der Waals surface area contributed by atoms with Gasteiger partial charge in [-0.25, -0.2) is 0 Å². The summed E-state index contributed by atoms with van der Waals surface area (Å²) >= 11 is 2.07. The van der Waals surface area contributed by atoms with Gasteiger partial charge in [-0.05, 0) is 47.6 Å². The van der Waals surface area contributed by atoms with Crippen LogP contribution >= 0.6 is 22.6 Å². The molecule has 1 aliphatic carbocycles. The monoisotopic (exact) mass is 304 g/mol. The average molecular weight is 304 g/mol. The van der Waals surface area contributed by atoms with Crippen molar-refractivity contribution in [2.45, 2.75) is 18.9 Å². The summed E-state index contributed by atoms with van der Waals surface area (Å²) in [5, 5.41) is 13.9. The molecule has 0 radical (unpaired) electrons. The molecule has 14 heavy (non-hydrogen) atoms. The second kappa shape index (κ2) is 3.72. The van der Waals surface area contributed by atoms with Gasteiger partial charge in [-0.2, -0.15) is 0 Å². The molecule has 1 aromatic rings. The topological polar surface area (TPSA) is 55.2 Å². The number of nitrogens with one attached hydrogen (secondary N) is 1. The summed E-state index contributed by atoms with van der Waals surface area (Å²) in [7, 11) is 0. The highest BCUT2D eigenvalue weighted by molar-refractivity contribution is 14.1. The minimum absolute atomic E-state index is 0.170. The first-order chi connectivity index (χ1) is 6.66. The quantitative estimate of drug-likeness (QED) is 0.531. The molecule has 0 aromatic heterocycles. The van der Waals surface area contributed by atoms with E-state index in [9.17, 15) is 10.1 Å². The van der Waals surface area contributed by atoms with E-state index < -0.39 is 0 Å². The Kier molecular flexibility index (Phi) is 2.58. The molecule has 1 fully saturated rings. The average Bonchev–Trinajstić information content (AvgIpc) is 2.91. The molecule has 0 unspecified atom stereocenters. The van der Waals surface area contributed by atoms with E-state index in [2.05, 4.69) is 27.9 Å². The molecule has 0 spiro atoms. The van der Waals surface area contributed by atoms with E-state index in [1.807, 2.05) is 6.07 Å². The van der Waals surface area contributed by atoms with Crippen LogP contribution in [0.4, 0.5) is 11.4 Å². The van der Waals surface area contributed by atoms with Gasteiger partial charge in [-0.1, -0.05) is 0 Å². The molecule has 0 aliphatic heterocycles. The lowest BCUT2D eigenvalue weighted by atomic mass is 10.2. The number of nitro benzene ring substituents is 1. The molecule has 1 aliphatic rings. The smallest absolute Gasteiger partial charge is 0.293 e. The minimum Gasteiger partial charge on any atom is -0.377 e. The molecule has 2 rings (SSSR count). The molecule has 0 saturated heterocycles. The van der Waals surface area contributed by atoms with Crippen molar-refractivity contribution < 1.29 is 4.92 Å². The summed E-state index contributed by atoms with van der Waals surface area (Å²) in [4.78, 5) is 10.4. The number of benzene rings is 1. The van der Waals surface area contributed by atoms with Crippen molar-refractivity contribution in [1.29, 1.82) is 0 Å². The summed E-state index contributed by atoms with van der Waals surface area (Å²) in [5.41, 5.74) is 0.807. The van der Waals surface area contributed by atoms with E-state index in [-0.39, 0.29) is 10.6 Å². The SMILES string of the molecule is O=[N+]([O-])c1cc(I)ccc1NC1CC1.